The van der Waals surface area contributed by atoms with Gasteiger partial charge in [0.2, 0.25) is 0 Å². The number of allylic oxidation sites excluding steroid dienone is 3. The fourth-order valence-electron chi connectivity index (χ4n) is 0.876. The van der Waals surface area contributed by atoms with Crippen molar-refractivity contribution in [1.29, 1.82) is 0 Å². The molecule has 70 valence electrons. The van der Waals surface area contributed by atoms with Gasteiger partial charge >= 0.3 is 0 Å². The quantitative estimate of drug-likeness (QED) is 0.503. The number of hydrogen-bond donors (Lipinski definition) is 0. The first kappa shape index (κ1) is 13.8. The maximum atomic E-state index is 3.24. The fourth-order valence-corrected chi connectivity index (χ4v) is 0.876. The third-order valence-electron chi connectivity index (χ3n) is 1.47. The molecule has 0 aromatic heterocycles. The van der Waals surface area contributed by atoms with Crippen LogP contribution in [0, 0.1) is 0 Å². The Hall–Kier alpha value is -0.740. The fraction of sp³-hybridized carbons (Fsp3) is 0.583. The van der Waals surface area contributed by atoms with Gasteiger partial charge in [-0.25, -0.2) is 0 Å². The van der Waals surface area contributed by atoms with Crippen molar-refractivity contribution in [1.82, 2.24) is 0 Å². The van der Waals surface area contributed by atoms with Crippen LogP contribution >= 0.6 is 0 Å². The van der Waals surface area contributed by atoms with Crippen LogP contribution in [0.25, 0.3) is 0 Å². The van der Waals surface area contributed by atoms with Crippen molar-refractivity contribution in [3.05, 3.63) is 29.5 Å². The lowest BCUT2D eigenvalue weighted by Gasteiger charge is -1.86. The van der Waals surface area contributed by atoms with Crippen molar-refractivity contribution in [3.8, 4) is 0 Å². The smallest absolute Gasteiger partial charge is 0.00696 e. The Balaban J connectivity index is 0. The van der Waals surface area contributed by atoms with Crippen molar-refractivity contribution in [3.63, 3.8) is 0 Å². The molecule has 0 heterocycles. The lowest BCUT2D eigenvalue weighted by Crippen LogP contribution is -1.67. The highest BCUT2D eigenvalue weighted by molar-refractivity contribution is 5.19. The molecular weight excluding hydrogens is 144 g/mol. The largest absolute Gasteiger partial charge is 0.122 e. The van der Waals surface area contributed by atoms with E-state index in [1.54, 1.807) is 0 Å². The van der Waals surface area contributed by atoms with Crippen molar-refractivity contribution >= 4 is 0 Å². The Morgan fingerprint density at radius 3 is 2.58 bits per heavy atom. The number of hydrogen-bond acceptors (Lipinski definition) is 0. The summed E-state index contributed by atoms with van der Waals surface area (Å²) in [6.07, 6.45) is 9.95. The second-order valence-corrected chi connectivity index (χ2v) is 2.21. The molecule has 0 N–H and O–H groups in total. The monoisotopic (exact) mass is 166 g/mol. The normalized spacial score (nSPS) is 13.4. The van der Waals surface area contributed by atoms with Crippen LogP contribution in [0.2, 0.25) is 0 Å². The molecule has 0 nitrogen and oxygen atoms in total. The lowest BCUT2D eigenvalue weighted by molar-refractivity contribution is 1.06. The summed E-state index contributed by atoms with van der Waals surface area (Å²) in [7, 11) is 0. The molecule has 0 amide bonds. The highest BCUT2D eigenvalue weighted by atomic mass is 13.9. The molecule has 0 saturated carbocycles. The maximum absolute atomic E-state index is 3.24. The van der Waals surface area contributed by atoms with Gasteiger partial charge in [0.15, 0.2) is 0 Å². The summed E-state index contributed by atoms with van der Waals surface area (Å²) < 4.78 is 0. The topological polar surface area (TPSA) is 0 Å². The molecule has 1 aliphatic rings. The van der Waals surface area contributed by atoms with E-state index in [0.717, 1.165) is 12.8 Å². The average Bonchev–Trinajstić information content (AvgIpc) is 2.35. The van der Waals surface area contributed by atoms with Crippen LogP contribution in [0.5, 0.6) is 0 Å². The molecule has 0 unspecified atom stereocenters. The minimum absolute atomic E-state index is 0. The van der Waals surface area contributed by atoms with E-state index in [9.17, 15) is 0 Å². The first-order valence-corrected chi connectivity index (χ1v) is 4.54. The SMILES string of the molecule is C.CC.CCC1=C=CCCC=C1. The Morgan fingerprint density at radius 2 is 2.00 bits per heavy atom. The first-order chi connectivity index (χ1) is 5.43. The second kappa shape index (κ2) is 10.3. The summed E-state index contributed by atoms with van der Waals surface area (Å²) in [5, 5.41) is 0. The van der Waals surface area contributed by atoms with E-state index in [0.29, 0.717) is 0 Å². The van der Waals surface area contributed by atoms with Gasteiger partial charge in [0.05, 0.1) is 0 Å². The lowest BCUT2D eigenvalue weighted by atomic mass is 10.2. The van der Waals surface area contributed by atoms with E-state index < -0.39 is 0 Å². The molecule has 0 atom stereocenters. The third-order valence-corrected chi connectivity index (χ3v) is 1.47. The summed E-state index contributed by atoms with van der Waals surface area (Å²) >= 11 is 0. The molecule has 0 radical (unpaired) electrons. The van der Waals surface area contributed by atoms with Crippen LogP contribution in [-0.2, 0) is 0 Å². The summed E-state index contributed by atoms with van der Waals surface area (Å²) in [6, 6.07) is 0. The van der Waals surface area contributed by atoms with Crippen molar-refractivity contribution in [2.75, 3.05) is 0 Å². The van der Waals surface area contributed by atoms with Gasteiger partial charge in [-0.05, 0) is 30.9 Å². The third kappa shape index (κ3) is 6.00. The second-order valence-electron chi connectivity index (χ2n) is 2.21. The molecule has 0 fully saturated rings. The van der Waals surface area contributed by atoms with Gasteiger partial charge in [-0.3, -0.25) is 0 Å². The van der Waals surface area contributed by atoms with Gasteiger partial charge in [-0.1, -0.05) is 40.3 Å². The van der Waals surface area contributed by atoms with Gasteiger partial charge in [0, 0.05) is 0 Å². The zero-order chi connectivity index (χ0) is 8.53. The van der Waals surface area contributed by atoms with E-state index in [4.69, 9.17) is 0 Å². The Bertz CT molecular complexity index is 166. The molecule has 0 bridgehead atoms. The van der Waals surface area contributed by atoms with E-state index >= 15 is 0 Å². The van der Waals surface area contributed by atoms with E-state index in [1.807, 2.05) is 13.8 Å². The molecule has 0 aromatic carbocycles. The van der Waals surface area contributed by atoms with E-state index in [2.05, 4.69) is 30.9 Å². The number of rotatable bonds is 1. The maximum Gasteiger partial charge on any atom is -0.00696 e. The van der Waals surface area contributed by atoms with Crippen LogP contribution in [-0.4, -0.2) is 0 Å². The summed E-state index contributed by atoms with van der Waals surface area (Å²) in [5.74, 6) is 0. The molecule has 1 rings (SSSR count). The zero-order valence-corrected chi connectivity index (χ0v) is 7.85. The van der Waals surface area contributed by atoms with Crippen LogP contribution in [0.4, 0.5) is 0 Å². The zero-order valence-electron chi connectivity index (χ0n) is 7.85. The van der Waals surface area contributed by atoms with E-state index in [1.165, 1.54) is 12.0 Å². The minimum Gasteiger partial charge on any atom is -0.122 e. The molecule has 1 aliphatic carbocycles. The molecule has 0 aromatic rings. The Morgan fingerprint density at radius 1 is 1.33 bits per heavy atom. The molecule has 0 saturated heterocycles. The summed E-state index contributed by atoms with van der Waals surface area (Å²) in [6.45, 7) is 6.16. The van der Waals surface area contributed by atoms with Gasteiger partial charge in [0.25, 0.3) is 0 Å². The van der Waals surface area contributed by atoms with Crippen LogP contribution in [0.1, 0.15) is 47.5 Å². The average molecular weight is 166 g/mol. The predicted molar refractivity (Wildman–Crippen MR) is 58.3 cm³/mol. The highest BCUT2D eigenvalue weighted by Gasteiger charge is 1.87. The first-order valence-electron chi connectivity index (χ1n) is 4.54. The molecule has 12 heavy (non-hydrogen) atoms. The molecule has 0 spiro atoms. The van der Waals surface area contributed by atoms with Crippen LogP contribution < -0.4 is 0 Å². The van der Waals surface area contributed by atoms with Crippen molar-refractivity contribution in [2.24, 2.45) is 0 Å². The Labute approximate surface area is 77.7 Å². The standard InChI is InChI=1S/C9H12.C2H6.CH4/c1-2-9-7-5-3-4-6-8-9;1-2;/h5-7H,2-4H2,1H3;1-2H3;1H4. The molecule has 0 aliphatic heterocycles. The predicted octanol–water partition coefficient (Wildman–Crippen LogP) is 4.49. The summed E-state index contributed by atoms with van der Waals surface area (Å²) in [4.78, 5) is 0. The molecule has 0 heteroatoms. The Kier molecular flexibility index (Phi) is 11.8. The van der Waals surface area contributed by atoms with Crippen molar-refractivity contribution in [2.45, 2.75) is 47.5 Å². The van der Waals surface area contributed by atoms with Gasteiger partial charge in [-0.2, -0.15) is 0 Å². The van der Waals surface area contributed by atoms with Gasteiger partial charge < -0.3 is 0 Å². The van der Waals surface area contributed by atoms with Crippen LogP contribution in [0.15, 0.2) is 29.5 Å². The van der Waals surface area contributed by atoms with Crippen molar-refractivity contribution < 1.29 is 0 Å². The van der Waals surface area contributed by atoms with Gasteiger partial charge in [0.1, 0.15) is 0 Å². The highest BCUT2D eigenvalue weighted by Crippen LogP contribution is 2.06. The van der Waals surface area contributed by atoms with E-state index in [-0.39, 0.29) is 7.43 Å². The summed E-state index contributed by atoms with van der Waals surface area (Å²) in [5.41, 5.74) is 4.56. The van der Waals surface area contributed by atoms with Crippen LogP contribution in [0.3, 0.4) is 0 Å². The van der Waals surface area contributed by atoms with Gasteiger partial charge in [-0.15, -0.1) is 5.73 Å². The molecular formula is C12H22. The minimum atomic E-state index is 0.